The van der Waals surface area contributed by atoms with Gasteiger partial charge in [-0.05, 0) is 26.3 Å². The van der Waals surface area contributed by atoms with Crippen LogP contribution in [0.15, 0.2) is 12.3 Å². The van der Waals surface area contributed by atoms with Crippen LogP contribution in [0.4, 0.5) is 5.69 Å². The minimum Gasteiger partial charge on any atom is -0.376 e. The van der Waals surface area contributed by atoms with Crippen LogP contribution in [-0.4, -0.2) is 29.6 Å². The largest absolute Gasteiger partial charge is 0.376 e. The zero-order chi connectivity index (χ0) is 13.1. The predicted molar refractivity (Wildman–Crippen MR) is 68.1 cm³/mol. The number of hydrazine groups is 1. The van der Waals surface area contributed by atoms with Gasteiger partial charge in [-0.25, -0.2) is 0 Å². The Morgan fingerprint density at radius 2 is 2.39 bits per heavy atom. The quantitative estimate of drug-likeness (QED) is 0.539. The van der Waals surface area contributed by atoms with Gasteiger partial charge in [0.15, 0.2) is 0 Å². The van der Waals surface area contributed by atoms with E-state index in [4.69, 9.17) is 10.6 Å². The van der Waals surface area contributed by atoms with Gasteiger partial charge in [0.2, 0.25) is 0 Å². The molecule has 1 amide bonds. The summed E-state index contributed by atoms with van der Waals surface area (Å²) in [6.07, 6.45) is 2.40. The number of carbonyl (C=O) groups is 1. The highest BCUT2D eigenvalue weighted by Gasteiger charge is 2.26. The van der Waals surface area contributed by atoms with E-state index >= 15 is 0 Å². The molecule has 0 bridgehead atoms. The van der Waals surface area contributed by atoms with Crippen LogP contribution in [-0.2, 0) is 4.74 Å². The zero-order valence-electron chi connectivity index (χ0n) is 10.6. The highest BCUT2D eigenvalue weighted by molar-refractivity contribution is 5.99. The molecule has 1 aromatic rings. The number of aromatic nitrogens is 1. The summed E-state index contributed by atoms with van der Waals surface area (Å²) in [5, 5.41) is 2.94. The van der Waals surface area contributed by atoms with Crippen molar-refractivity contribution in [1.29, 1.82) is 0 Å². The van der Waals surface area contributed by atoms with Gasteiger partial charge in [0.05, 0.1) is 23.4 Å². The molecule has 4 N–H and O–H groups in total. The molecule has 0 aromatic carbocycles. The van der Waals surface area contributed by atoms with E-state index in [9.17, 15) is 4.79 Å². The molecule has 0 aliphatic carbocycles. The molecule has 1 aliphatic rings. The summed E-state index contributed by atoms with van der Waals surface area (Å²) in [6, 6.07) is 1.79. The van der Waals surface area contributed by atoms with Gasteiger partial charge < -0.3 is 15.5 Å². The van der Waals surface area contributed by atoms with E-state index in [1.54, 1.807) is 6.07 Å². The Hall–Kier alpha value is -1.66. The SMILES string of the molecule is Cc1cc(NN)c(C(=O)NC2CCOC2C)cn1. The van der Waals surface area contributed by atoms with Crippen LogP contribution in [0, 0.1) is 6.92 Å². The van der Waals surface area contributed by atoms with Gasteiger partial charge in [0.1, 0.15) is 0 Å². The van der Waals surface area contributed by atoms with Crippen molar-refractivity contribution in [3.63, 3.8) is 0 Å². The van der Waals surface area contributed by atoms with E-state index in [1.165, 1.54) is 6.20 Å². The number of rotatable bonds is 3. The number of aryl methyl sites for hydroxylation is 1. The lowest BCUT2D eigenvalue weighted by atomic mass is 10.1. The Labute approximate surface area is 106 Å². The van der Waals surface area contributed by atoms with E-state index in [0.29, 0.717) is 17.9 Å². The van der Waals surface area contributed by atoms with Crippen molar-refractivity contribution in [2.24, 2.45) is 5.84 Å². The summed E-state index contributed by atoms with van der Waals surface area (Å²) in [6.45, 7) is 4.48. The summed E-state index contributed by atoms with van der Waals surface area (Å²) in [5.74, 6) is 5.23. The highest BCUT2D eigenvalue weighted by atomic mass is 16.5. The van der Waals surface area contributed by atoms with E-state index in [1.807, 2.05) is 13.8 Å². The van der Waals surface area contributed by atoms with E-state index in [2.05, 4.69) is 15.7 Å². The first kappa shape index (κ1) is 12.8. The molecule has 6 heteroatoms. The smallest absolute Gasteiger partial charge is 0.255 e. The lowest BCUT2D eigenvalue weighted by Crippen LogP contribution is -2.39. The number of anilines is 1. The number of pyridine rings is 1. The van der Waals surface area contributed by atoms with Gasteiger partial charge in [-0.2, -0.15) is 0 Å². The fraction of sp³-hybridized carbons (Fsp3) is 0.500. The van der Waals surface area contributed by atoms with Crippen LogP contribution in [0.3, 0.4) is 0 Å². The molecule has 2 rings (SSSR count). The molecule has 2 atom stereocenters. The molecule has 1 fully saturated rings. The molecule has 1 saturated heterocycles. The van der Waals surface area contributed by atoms with E-state index in [0.717, 1.165) is 12.1 Å². The molecule has 1 aliphatic heterocycles. The lowest BCUT2D eigenvalue weighted by molar-refractivity contribution is 0.0866. The average molecular weight is 250 g/mol. The Morgan fingerprint density at radius 3 is 3.00 bits per heavy atom. The molecule has 0 spiro atoms. The maximum Gasteiger partial charge on any atom is 0.255 e. The fourth-order valence-corrected chi connectivity index (χ4v) is 2.03. The second kappa shape index (κ2) is 5.32. The third-order valence-electron chi connectivity index (χ3n) is 3.13. The number of nitrogens with one attached hydrogen (secondary N) is 2. The van der Waals surface area contributed by atoms with Gasteiger partial charge >= 0.3 is 0 Å². The molecule has 6 nitrogen and oxygen atoms in total. The number of hydrogen-bond acceptors (Lipinski definition) is 5. The number of hydrogen-bond donors (Lipinski definition) is 3. The van der Waals surface area contributed by atoms with Crippen molar-refractivity contribution in [1.82, 2.24) is 10.3 Å². The maximum absolute atomic E-state index is 12.1. The Morgan fingerprint density at radius 1 is 1.61 bits per heavy atom. The Bertz CT molecular complexity index is 450. The topological polar surface area (TPSA) is 89.3 Å². The molecular formula is C12H18N4O2. The van der Waals surface area contributed by atoms with Crippen LogP contribution in [0.1, 0.15) is 29.4 Å². The summed E-state index contributed by atoms with van der Waals surface area (Å²) >= 11 is 0. The van der Waals surface area contributed by atoms with Crippen molar-refractivity contribution >= 4 is 11.6 Å². The zero-order valence-corrected chi connectivity index (χ0v) is 10.6. The standard InChI is InChI=1S/C12H18N4O2/c1-7-5-11(16-13)9(6-14-7)12(17)15-10-3-4-18-8(10)2/h5-6,8,10H,3-4,13H2,1-2H3,(H,14,16)(H,15,17). The normalized spacial score (nSPS) is 22.8. The number of amides is 1. The third-order valence-corrected chi connectivity index (χ3v) is 3.13. The third kappa shape index (κ3) is 2.60. The number of carbonyl (C=O) groups excluding carboxylic acids is 1. The summed E-state index contributed by atoms with van der Waals surface area (Å²) < 4.78 is 5.41. The fourth-order valence-electron chi connectivity index (χ4n) is 2.03. The van der Waals surface area contributed by atoms with Crippen molar-refractivity contribution in [3.05, 3.63) is 23.5 Å². The first-order valence-electron chi connectivity index (χ1n) is 5.97. The van der Waals surface area contributed by atoms with Crippen LogP contribution < -0.4 is 16.6 Å². The molecule has 18 heavy (non-hydrogen) atoms. The molecule has 1 aromatic heterocycles. The lowest BCUT2D eigenvalue weighted by Gasteiger charge is -2.17. The van der Waals surface area contributed by atoms with Gasteiger partial charge in [-0.1, -0.05) is 0 Å². The molecule has 0 saturated carbocycles. The maximum atomic E-state index is 12.1. The van der Waals surface area contributed by atoms with E-state index in [-0.39, 0.29) is 18.1 Å². The van der Waals surface area contributed by atoms with Gasteiger partial charge in [0.25, 0.3) is 5.91 Å². The monoisotopic (exact) mass is 250 g/mol. The minimum absolute atomic E-state index is 0.0432. The van der Waals surface area contributed by atoms with E-state index < -0.39 is 0 Å². The molecule has 0 radical (unpaired) electrons. The summed E-state index contributed by atoms with van der Waals surface area (Å²) in [4.78, 5) is 16.2. The first-order chi connectivity index (χ1) is 8.61. The molecule has 2 heterocycles. The first-order valence-corrected chi connectivity index (χ1v) is 5.97. The number of nitrogen functional groups attached to an aromatic ring is 1. The second-order valence-corrected chi connectivity index (χ2v) is 4.46. The molecule has 98 valence electrons. The predicted octanol–water partition coefficient (Wildman–Crippen LogP) is 0.583. The number of nitrogens with zero attached hydrogens (tertiary/aromatic N) is 1. The summed E-state index contributed by atoms with van der Waals surface area (Å²) in [5.41, 5.74) is 4.35. The van der Waals surface area contributed by atoms with Gasteiger partial charge in [-0.15, -0.1) is 0 Å². The highest BCUT2D eigenvalue weighted by Crippen LogP contribution is 2.17. The van der Waals surface area contributed by atoms with Crippen molar-refractivity contribution in [2.45, 2.75) is 32.4 Å². The Kier molecular flexibility index (Phi) is 3.78. The number of ether oxygens (including phenoxy) is 1. The molecule has 2 unspecified atom stereocenters. The Balaban J connectivity index is 2.13. The van der Waals surface area contributed by atoms with Crippen molar-refractivity contribution in [3.8, 4) is 0 Å². The second-order valence-electron chi connectivity index (χ2n) is 4.46. The van der Waals surface area contributed by atoms with Crippen molar-refractivity contribution < 1.29 is 9.53 Å². The van der Waals surface area contributed by atoms with Gasteiger partial charge in [-0.3, -0.25) is 15.6 Å². The van der Waals surface area contributed by atoms with Crippen LogP contribution in [0.25, 0.3) is 0 Å². The average Bonchev–Trinajstić information content (AvgIpc) is 2.74. The van der Waals surface area contributed by atoms with Crippen LogP contribution in [0.5, 0.6) is 0 Å². The minimum atomic E-state index is -0.183. The van der Waals surface area contributed by atoms with Crippen LogP contribution in [0.2, 0.25) is 0 Å². The number of nitrogens with two attached hydrogens (primary N) is 1. The van der Waals surface area contributed by atoms with Crippen LogP contribution >= 0.6 is 0 Å². The van der Waals surface area contributed by atoms with Crippen molar-refractivity contribution in [2.75, 3.05) is 12.0 Å². The molecular weight excluding hydrogens is 232 g/mol. The summed E-state index contributed by atoms with van der Waals surface area (Å²) in [7, 11) is 0. The van der Waals surface area contributed by atoms with Gasteiger partial charge in [0, 0.05) is 18.5 Å².